The SMILES string of the molecule is CCSc1c(-c2nc3cc(C(F)(F)F)ncc3n2C)nc2ncccn12. The number of aromatic nitrogens is 6. The van der Waals surface area contributed by atoms with E-state index in [0.29, 0.717) is 22.8 Å². The first-order chi connectivity index (χ1) is 12.4. The van der Waals surface area contributed by atoms with Crippen LogP contribution in [0.25, 0.3) is 28.3 Å². The molecular formula is C16H13F3N6S. The molecule has 0 aliphatic heterocycles. The number of alkyl halides is 3. The number of thioether (sulfide) groups is 1. The van der Waals surface area contributed by atoms with E-state index in [1.54, 1.807) is 35.6 Å². The van der Waals surface area contributed by atoms with E-state index in [0.717, 1.165) is 16.8 Å². The number of aryl methyl sites for hydroxylation is 1. The summed E-state index contributed by atoms with van der Waals surface area (Å²) in [7, 11) is 1.73. The summed E-state index contributed by atoms with van der Waals surface area (Å²) in [5.41, 5.74) is 0.352. The van der Waals surface area contributed by atoms with Gasteiger partial charge in [-0.15, -0.1) is 11.8 Å². The number of pyridine rings is 1. The van der Waals surface area contributed by atoms with Crippen LogP contribution in [0.1, 0.15) is 12.6 Å². The zero-order valence-corrected chi connectivity index (χ0v) is 14.6. The van der Waals surface area contributed by atoms with Crippen LogP contribution in [0.15, 0.2) is 35.7 Å². The number of rotatable bonds is 3. The molecule has 0 bridgehead atoms. The van der Waals surface area contributed by atoms with Crippen LogP contribution in [0, 0.1) is 0 Å². The molecule has 4 heterocycles. The van der Waals surface area contributed by atoms with Crippen molar-refractivity contribution in [1.82, 2.24) is 28.9 Å². The molecule has 0 aliphatic carbocycles. The predicted octanol–water partition coefficient (Wildman–Crippen LogP) is 3.81. The Morgan fingerprint density at radius 3 is 2.73 bits per heavy atom. The number of hydrogen-bond acceptors (Lipinski definition) is 5. The Kier molecular flexibility index (Phi) is 3.87. The van der Waals surface area contributed by atoms with E-state index in [4.69, 9.17) is 0 Å². The molecule has 0 radical (unpaired) electrons. The molecule has 0 N–H and O–H groups in total. The monoisotopic (exact) mass is 378 g/mol. The Balaban J connectivity index is 1.96. The van der Waals surface area contributed by atoms with E-state index < -0.39 is 11.9 Å². The first kappa shape index (κ1) is 16.8. The predicted molar refractivity (Wildman–Crippen MR) is 91.9 cm³/mol. The Hall–Kier alpha value is -2.62. The van der Waals surface area contributed by atoms with Crippen molar-refractivity contribution in [2.75, 3.05) is 5.75 Å². The van der Waals surface area contributed by atoms with Gasteiger partial charge in [0, 0.05) is 19.4 Å². The molecule has 0 aromatic carbocycles. The molecule has 0 saturated heterocycles. The number of imidazole rings is 2. The minimum atomic E-state index is -4.51. The highest BCUT2D eigenvalue weighted by molar-refractivity contribution is 7.99. The first-order valence-corrected chi connectivity index (χ1v) is 8.74. The Labute approximate surface area is 150 Å². The molecular weight excluding hydrogens is 365 g/mol. The smallest absolute Gasteiger partial charge is 0.324 e. The van der Waals surface area contributed by atoms with Gasteiger partial charge in [-0.05, 0) is 17.9 Å². The quantitative estimate of drug-likeness (QED) is 0.508. The van der Waals surface area contributed by atoms with Crippen LogP contribution in [0.5, 0.6) is 0 Å². The number of fused-ring (bicyclic) bond motifs is 2. The summed E-state index contributed by atoms with van der Waals surface area (Å²) < 4.78 is 42.3. The van der Waals surface area contributed by atoms with Gasteiger partial charge in [0.1, 0.15) is 16.4 Å². The van der Waals surface area contributed by atoms with Gasteiger partial charge < -0.3 is 4.57 Å². The van der Waals surface area contributed by atoms with Crippen LogP contribution in [0.4, 0.5) is 13.2 Å². The van der Waals surface area contributed by atoms with Crippen LogP contribution in [-0.4, -0.2) is 34.7 Å². The minimum Gasteiger partial charge on any atom is -0.324 e. The fourth-order valence-corrected chi connectivity index (χ4v) is 3.57. The van der Waals surface area contributed by atoms with Crippen molar-refractivity contribution in [1.29, 1.82) is 0 Å². The van der Waals surface area contributed by atoms with Crippen molar-refractivity contribution < 1.29 is 13.2 Å². The van der Waals surface area contributed by atoms with Crippen LogP contribution >= 0.6 is 11.8 Å². The minimum absolute atomic E-state index is 0.224. The van der Waals surface area contributed by atoms with Gasteiger partial charge in [-0.2, -0.15) is 13.2 Å². The molecule has 4 aromatic rings. The van der Waals surface area contributed by atoms with Crippen LogP contribution in [0.3, 0.4) is 0 Å². The van der Waals surface area contributed by atoms with Crippen LogP contribution in [-0.2, 0) is 13.2 Å². The molecule has 0 unspecified atom stereocenters. The molecule has 26 heavy (non-hydrogen) atoms. The summed E-state index contributed by atoms with van der Waals surface area (Å²) in [5.74, 6) is 1.79. The first-order valence-electron chi connectivity index (χ1n) is 7.76. The van der Waals surface area contributed by atoms with Gasteiger partial charge >= 0.3 is 6.18 Å². The summed E-state index contributed by atoms with van der Waals surface area (Å²) in [6.45, 7) is 2.01. The van der Waals surface area contributed by atoms with Crippen molar-refractivity contribution >= 4 is 28.6 Å². The summed E-state index contributed by atoms with van der Waals surface area (Å²) >= 11 is 1.57. The average Bonchev–Trinajstić information content (AvgIpc) is 3.13. The van der Waals surface area contributed by atoms with Gasteiger partial charge in [-0.25, -0.2) is 19.9 Å². The van der Waals surface area contributed by atoms with Crippen LogP contribution < -0.4 is 0 Å². The van der Waals surface area contributed by atoms with Crippen molar-refractivity contribution in [2.24, 2.45) is 7.05 Å². The van der Waals surface area contributed by atoms with Gasteiger partial charge in [0.25, 0.3) is 0 Å². The summed E-state index contributed by atoms with van der Waals surface area (Å²) in [5, 5.41) is 0.845. The molecule has 134 valence electrons. The maximum absolute atomic E-state index is 12.9. The van der Waals surface area contributed by atoms with Crippen molar-refractivity contribution in [3.8, 4) is 11.5 Å². The molecule has 10 heteroatoms. The second kappa shape index (κ2) is 5.97. The molecule has 0 saturated carbocycles. The lowest BCUT2D eigenvalue weighted by Crippen LogP contribution is -2.07. The standard InChI is InChI=1S/C16H13F3N6S/c1-3-26-14-12(23-15-20-5-4-6-25(14)15)13-22-9-7-11(16(17,18)19)21-8-10(9)24(13)2/h4-8H,3H2,1-2H3. The van der Waals surface area contributed by atoms with Gasteiger partial charge in [0.2, 0.25) is 5.78 Å². The lowest BCUT2D eigenvalue weighted by Gasteiger charge is -2.05. The highest BCUT2D eigenvalue weighted by atomic mass is 32.2. The van der Waals surface area contributed by atoms with Crippen molar-refractivity contribution in [2.45, 2.75) is 18.1 Å². The zero-order chi connectivity index (χ0) is 18.5. The third-order valence-electron chi connectivity index (χ3n) is 3.91. The molecule has 4 aromatic heterocycles. The maximum atomic E-state index is 12.9. The van der Waals surface area contributed by atoms with E-state index in [2.05, 4.69) is 19.9 Å². The zero-order valence-electron chi connectivity index (χ0n) is 13.8. The number of nitrogens with zero attached hydrogens (tertiary/aromatic N) is 6. The summed E-state index contributed by atoms with van der Waals surface area (Å²) in [6, 6.07) is 2.76. The van der Waals surface area contributed by atoms with E-state index in [1.165, 1.54) is 6.20 Å². The average molecular weight is 378 g/mol. The van der Waals surface area contributed by atoms with Crippen molar-refractivity contribution in [3.63, 3.8) is 0 Å². The largest absolute Gasteiger partial charge is 0.433 e. The molecule has 4 rings (SSSR count). The summed E-state index contributed by atoms with van der Waals surface area (Å²) in [6.07, 6.45) is 0.168. The Bertz CT molecular complexity index is 1110. The highest BCUT2D eigenvalue weighted by Crippen LogP contribution is 2.34. The molecule has 0 spiro atoms. The molecule has 6 nitrogen and oxygen atoms in total. The van der Waals surface area contributed by atoms with E-state index in [9.17, 15) is 13.2 Å². The third-order valence-corrected chi connectivity index (χ3v) is 4.86. The normalized spacial score (nSPS) is 12.3. The second-order valence-electron chi connectivity index (χ2n) is 5.54. The molecule has 0 amide bonds. The number of halogens is 3. The van der Waals surface area contributed by atoms with Crippen molar-refractivity contribution in [3.05, 3.63) is 36.4 Å². The lowest BCUT2D eigenvalue weighted by atomic mass is 10.3. The molecule has 0 fully saturated rings. The van der Waals surface area contributed by atoms with Gasteiger partial charge in [0.05, 0.1) is 17.2 Å². The maximum Gasteiger partial charge on any atom is 0.433 e. The lowest BCUT2D eigenvalue weighted by molar-refractivity contribution is -0.141. The fourth-order valence-electron chi connectivity index (χ4n) is 2.74. The van der Waals surface area contributed by atoms with E-state index in [-0.39, 0.29) is 5.52 Å². The Morgan fingerprint density at radius 2 is 2.00 bits per heavy atom. The molecule has 0 atom stereocenters. The number of hydrogen-bond donors (Lipinski definition) is 0. The van der Waals surface area contributed by atoms with Gasteiger partial charge in [-0.3, -0.25) is 4.40 Å². The fraction of sp³-hybridized carbons (Fsp3) is 0.250. The third kappa shape index (κ3) is 2.61. The summed E-state index contributed by atoms with van der Waals surface area (Å²) in [4.78, 5) is 16.7. The van der Waals surface area contributed by atoms with E-state index in [1.807, 2.05) is 17.5 Å². The van der Waals surface area contributed by atoms with Crippen LogP contribution in [0.2, 0.25) is 0 Å². The second-order valence-corrected chi connectivity index (χ2v) is 6.79. The highest BCUT2D eigenvalue weighted by Gasteiger charge is 2.33. The van der Waals surface area contributed by atoms with Gasteiger partial charge in [0.15, 0.2) is 5.82 Å². The van der Waals surface area contributed by atoms with Gasteiger partial charge in [-0.1, -0.05) is 6.92 Å². The Morgan fingerprint density at radius 1 is 1.19 bits per heavy atom. The van der Waals surface area contributed by atoms with E-state index >= 15 is 0 Å². The molecule has 0 aliphatic rings. The topological polar surface area (TPSA) is 60.9 Å².